The van der Waals surface area contributed by atoms with E-state index in [1.54, 1.807) is 6.20 Å². The molecule has 0 radical (unpaired) electrons. The van der Waals surface area contributed by atoms with Gasteiger partial charge in [0, 0.05) is 11.8 Å². The second kappa shape index (κ2) is 4.45. The number of rotatable bonds is 2. The van der Waals surface area contributed by atoms with Gasteiger partial charge >= 0.3 is 0 Å². The Morgan fingerprint density at radius 1 is 0.944 bits per heavy atom. The van der Waals surface area contributed by atoms with Gasteiger partial charge in [-0.1, -0.05) is 36.4 Å². The van der Waals surface area contributed by atoms with Crippen LogP contribution in [0, 0.1) is 6.92 Å². The van der Waals surface area contributed by atoms with Gasteiger partial charge in [-0.15, -0.1) is 0 Å². The highest BCUT2D eigenvalue weighted by Crippen LogP contribution is 2.24. The summed E-state index contributed by atoms with van der Waals surface area (Å²) >= 11 is 0. The topological polar surface area (TPSA) is 30.7 Å². The highest BCUT2D eigenvalue weighted by atomic mass is 15.3. The summed E-state index contributed by atoms with van der Waals surface area (Å²) in [6.07, 6.45) is 3.65. The van der Waals surface area contributed by atoms with E-state index in [-0.39, 0.29) is 0 Å². The molecule has 18 heavy (non-hydrogen) atoms. The molecule has 0 amide bonds. The molecule has 2 heterocycles. The molecule has 3 heteroatoms. The summed E-state index contributed by atoms with van der Waals surface area (Å²) in [7, 11) is 0. The third-order valence-electron chi connectivity index (χ3n) is 2.87. The molecule has 0 aliphatic rings. The van der Waals surface area contributed by atoms with E-state index in [4.69, 9.17) is 0 Å². The molecule has 0 fully saturated rings. The molecule has 0 unspecified atom stereocenters. The Bertz CT molecular complexity index is 642. The molecule has 0 saturated heterocycles. The maximum Gasteiger partial charge on any atom is 0.153 e. The zero-order valence-corrected chi connectivity index (χ0v) is 10.1. The third-order valence-corrected chi connectivity index (χ3v) is 2.87. The molecule has 0 aliphatic heterocycles. The van der Waals surface area contributed by atoms with Gasteiger partial charge in [-0.25, -0.2) is 9.67 Å². The smallest absolute Gasteiger partial charge is 0.153 e. The molecule has 0 aliphatic carbocycles. The highest BCUT2D eigenvalue weighted by Gasteiger charge is 2.11. The summed E-state index contributed by atoms with van der Waals surface area (Å²) in [6.45, 7) is 2.06. The van der Waals surface area contributed by atoms with E-state index in [1.165, 1.54) is 0 Å². The van der Waals surface area contributed by atoms with E-state index in [2.05, 4.69) is 29.1 Å². The maximum atomic E-state index is 4.42. The van der Waals surface area contributed by atoms with Crippen molar-refractivity contribution in [3.05, 3.63) is 66.5 Å². The molecule has 88 valence electrons. The molecule has 3 nitrogen and oxygen atoms in total. The minimum atomic E-state index is 0.837. The van der Waals surface area contributed by atoms with Crippen LogP contribution >= 0.6 is 0 Å². The molecule has 0 atom stereocenters. The molecule has 3 rings (SSSR count). The van der Waals surface area contributed by atoms with Crippen molar-refractivity contribution in [2.75, 3.05) is 0 Å². The van der Waals surface area contributed by atoms with E-state index >= 15 is 0 Å². The van der Waals surface area contributed by atoms with Crippen LogP contribution in [0.15, 0.2) is 60.9 Å². The van der Waals surface area contributed by atoms with E-state index in [1.807, 2.05) is 47.3 Å². The first-order valence-electron chi connectivity index (χ1n) is 5.88. The lowest BCUT2D eigenvalue weighted by Crippen LogP contribution is -2.01. The Labute approximate surface area is 106 Å². The van der Waals surface area contributed by atoms with Crippen molar-refractivity contribution in [3.8, 4) is 17.1 Å². The van der Waals surface area contributed by atoms with Crippen LogP contribution in [0.2, 0.25) is 0 Å². The van der Waals surface area contributed by atoms with Crippen molar-refractivity contribution in [2.45, 2.75) is 6.92 Å². The SMILES string of the molecule is Cc1cnn(-c2ccccn2)c1-c1ccccc1. The number of pyridine rings is 1. The minimum absolute atomic E-state index is 0.837. The quantitative estimate of drug-likeness (QED) is 0.682. The Morgan fingerprint density at radius 3 is 2.44 bits per heavy atom. The van der Waals surface area contributed by atoms with Crippen molar-refractivity contribution in [1.29, 1.82) is 0 Å². The van der Waals surface area contributed by atoms with E-state index in [0.29, 0.717) is 0 Å². The summed E-state index contributed by atoms with van der Waals surface area (Å²) in [5, 5.41) is 4.42. The molecule has 0 saturated carbocycles. The molecular formula is C15H13N3. The first-order chi connectivity index (χ1) is 8.86. The van der Waals surface area contributed by atoms with Gasteiger partial charge in [0.2, 0.25) is 0 Å². The summed E-state index contributed by atoms with van der Waals surface area (Å²) in [6, 6.07) is 16.1. The standard InChI is InChI=1S/C15H13N3/c1-12-11-17-18(14-9-5-6-10-16-14)15(12)13-7-3-2-4-8-13/h2-11H,1H3. The summed E-state index contributed by atoms with van der Waals surface area (Å²) < 4.78 is 1.88. The average Bonchev–Trinajstić information content (AvgIpc) is 2.83. The van der Waals surface area contributed by atoms with Crippen LogP contribution in [-0.2, 0) is 0 Å². The Morgan fingerprint density at radius 2 is 1.72 bits per heavy atom. The van der Waals surface area contributed by atoms with Gasteiger partial charge in [0.1, 0.15) is 0 Å². The van der Waals surface area contributed by atoms with Crippen LogP contribution in [0.25, 0.3) is 17.1 Å². The average molecular weight is 235 g/mol. The molecule has 2 aromatic heterocycles. The van der Waals surface area contributed by atoms with Crippen LogP contribution in [0.3, 0.4) is 0 Å². The summed E-state index contributed by atoms with van der Waals surface area (Å²) in [5.41, 5.74) is 3.39. The van der Waals surface area contributed by atoms with Gasteiger partial charge in [0.15, 0.2) is 5.82 Å². The second-order valence-electron chi connectivity index (χ2n) is 4.14. The fraction of sp³-hybridized carbons (Fsp3) is 0.0667. The maximum absolute atomic E-state index is 4.42. The predicted molar refractivity (Wildman–Crippen MR) is 71.5 cm³/mol. The normalized spacial score (nSPS) is 10.5. The fourth-order valence-electron chi connectivity index (χ4n) is 2.03. The van der Waals surface area contributed by atoms with Gasteiger partial charge in [0.25, 0.3) is 0 Å². The first-order valence-corrected chi connectivity index (χ1v) is 5.88. The molecule has 0 bridgehead atoms. The lowest BCUT2D eigenvalue weighted by molar-refractivity contribution is 0.854. The van der Waals surface area contributed by atoms with E-state index < -0.39 is 0 Å². The Balaban J connectivity index is 2.19. The van der Waals surface area contributed by atoms with Crippen molar-refractivity contribution in [1.82, 2.24) is 14.8 Å². The highest BCUT2D eigenvalue weighted by molar-refractivity contribution is 5.64. The predicted octanol–water partition coefficient (Wildman–Crippen LogP) is 3.24. The van der Waals surface area contributed by atoms with Crippen molar-refractivity contribution in [2.24, 2.45) is 0 Å². The lowest BCUT2D eigenvalue weighted by Gasteiger charge is -2.07. The Kier molecular flexibility index (Phi) is 2.65. The number of benzene rings is 1. The largest absolute Gasteiger partial charge is 0.237 e. The number of hydrogen-bond acceptors (Lipinski definition) is 2. The zero-order chi connectivity index (χ0) is 12.4. The third kappa shape index (κ3) is 1.80. The van der Waals surface area contributed by atoms with E-state index in [0.717, 1.165) is 22.6 Å². The summed E-state index contributed by atoms with van der Waals surface area (Å²) in [5.74, 6) is 0.837. The van der Waals surface area contributed by atoms with Gasteiger partial charge in [0.05, 0.1) is 11.9 Å². The van der Waals surface area contributed by atoms with Crippen molar-refractivity contribution in [3.63, 3.8) is 0 Å². The van der Waals surface area contributed by atoms with Crippen molar-refractivity contribution >= 4 is 0 Å². The molecule has 0 spiro atoms. The van der Waals surface area contributed by atoms with Gasteiger partial charge < -0.3 is 0 Å². The number of aromatic nitrogens is 3. The van der Waals surface area contributed by atoms with Crippen LogP contribution < -0.4 is 0 Å². The van der Waals surface area contributed by atoms with Gasteiger partial charge in [-0.3, -0.25) is 0 Å². The van der Waals surface area contributed by atoms with Gasteiger partial charge in [-0.2, -0.15) is 5.10 Å². The Hall–Kier alpha value is -2.42. The molecule has 3 aromatic rings. The van der Waals surface area contributed by atoms with Gasteiger partial charge in [-0.05, 0) is 24.6 Å². The second-order valence-corrected chi connectivity index (χ2v) is 4.14. The first kappa shape index (κ1) is 10.7. The molecule has 0 N–H and O–H groups in total. The summed E-state index contributed by atoms with van der Waals surface area (Å²) in [4.78, 5) is 4.35. The molecule has 1 aromatic carbocycles. The van der Waals surface area contributed by atoms with Crippen LogP contribution in [0.5, 0.6) is 0 Å². The van der Waals surface area contributed by atoms with E-state index in [9.17, 15) is 0 Å². The van der Waals surface area contributed by atoms with Crippen LogP contribution in [0.4, 0.5) is 0 Å². The number of hydrogen-bond donors (Lipinski definition) is 0. The monoisotopic (exact) mass is 235 g/mol. The lowest BCUT2D eigenvalue weighted by atomic mass is 10.1. The van der Waals surface area contributed by atoms with Crippen molar-refractivity contribution < 1.29 is 0 Å². The number of nitrogens with zero attached hydrogens (tertiary/aromatic N) is 3. The number of aryl methyl sites for hydroxylation is 1. The molecular weight excluding hydrogens is 222 g/mol. The fourth-order valence-corrected chi connectivity index (χ4v) is 2.03. The minimum Gasteiger partial charge on any atom is -0.237 e. The zero-order valence-electron chi connectivity index (χ0n) is 10.1. The van der Waals surface area contributed by atoms with Crippen LogP contribution in [-0.4, -0.2) is 14.8 Å². The van der Waals surface area contributed by atoms with Crippen LogP contribution in [0.1, 0.15) is 5.56 Å².